The lowest BCUT2D eigenvalue weighted by atomic mass is 10.1. The molecule has 3 heteroatoms. The number of benzene rings is 3. The molecule has 0 heterocycles. The van der Waals surface area contributed by atoms with Gasteiger partial charge in [0, 0.05) is 0 Å². The fraction of sp³-hybridized carbons (Fsp3) is 0.280. The van der Waals surface area contributed by atoms with Gasteiger partial charge in [0.15, 0.2) is 0 Å². The van der Waals surface area contributed by atoms with E-state index in [4.69, 9.17) is 9.47 Å². The third kappa shape index (κ3) is 6.34. The van der Waals surface area contributed by atoms with Gasteiger partial charge in [-0.15, -0.1) is 0 Å². The van der Waals surface area contributed by atoms with Crippen molar-refractivity contribution in [1.82, 2.24) is 0 Å². The van der Waals surface area contributed by atoms with Gasteiger partial charge in [-0.2, -0.15) is 0 Å². The molecule has 0 fully saturated rings. The molecule has 0 radical (unpaired) electrons. The second-order valence-electron chi connectivity index (χ2n) is 7.06. The average molecular weight is 376 g/mol. The van der Waals surface area contributed by atoms with Crippen LogP contribution in [0.3, 0.4) is 0 Å². The zero-order valence-corrected chi connectivity index (χ0v) is 16.7. The van der Waals surface area contributed by atoms with Crippen molar-refractivity contribution >= 4 is 5.69 Å². The second kappa shape index (κ2) is 10.4. The number of hydrogen-bond acceptors (Lipinski definition) is 3. The third-order valence-electron chi connectivity index (χ3n) is 4.50. The summed E-state index contributed by atoms with van der Waals surface area (Å²) in [6.07, 6.45) is 2.07. The lowest BCUT2D eigenvalue weighted by Gasteiger charge is -2.18. The molecular formula is C25H29NO2. The van der Waals surface area contributed by atoms with Gasteiger partial charge in [-0.05, 0) is 62.1 Å². The van der Waals surface area contributed by atoms with Gasteiger partial charge in [0.2, 0.25) is 0 Å². The van der Waals surface area contributed by atoms with Crippen LogP contribution in [0.15, 0.2) is 78.9 Å². The van der Waals surface area contributed by atoms with E-state index in [0.717, 1.165) is 30.0 Å². The van der Waals surface area contributed by atoms with Crippen LogP contribution in [0, 0.1) is 6.92 Å². The van der Waals surface area contributed by atoms with E-state index in [2.05, 4.69) is 55.6 Å². The molecule has 0 saturated carbocycles. The van der Waals surface area contributed by atoms with E-state index in [0.29, 0.717) is 13.2 Å². The summed E-state index contributed by atoms with van der Waals surface area (Å²) in [6.45, 7) is 5.54. The molecule has 0 bridgehead atoms. The van der Waals surface area contributed by atoms with Crippen LogP contribution in [0.25, 0.3) is 0 Å². The number of ether oxygens (including phenoxy) is 2. The minimum absolute atomic E-state index is 0.0490. The maximum absolute atomic E-state index is 6.02. The molecule has 0 saturated heterocycles. The molecule has 1 N–H and O–H groups in total. The highest BCUT2D eigenvalue weighted by molar-refractivity contribution is 5.56. The Labute approximate surface area is 168 Å². The fourth-order valence-electron chi connectivity index (χ4n) is 3.06. The predicted molar refractivity (Wildman–Crippen MR) is 116 cm³/mol. The van der Waals surface area contributed by atoms with Crippen molar-refractivity contribution in [2.45, 2.75) is 32.8 Å². The summed E-state index contributed by atoms with van der Waals surface area (Å²) in [5.41, 5.74) is 3.55. The minimum Gasteiger partial charge on any atom is -0.491 e. The molecule has 0 aliphatic heterocycles. The standard InChI is InChI=1S/C25H29NO2/c1-20-10-8-14-23(18-20)28-21(2)19-26-24-15-6-7-16-25(24)27-17-9-13-22-11-4-3-5-12-22/h3-8,10-12,14-16,18,21,26H,9,13,17,19H2,1-2H3. The number of nitrogens with one attached hydrogen (secondary N) is 1. The summed E-state index contributed by atoms with van der Waals surface area (Å²) in [7, 11) is 0. The maximum Gasteiger partial charge on any atom is 0.142 e. The highest BCUT2D eigenvalue weighted by atomic mass is 16.5. The van der Waals surface area contributed by atoms with Gasteiger partial charge in [0.25, 0.3) is 0 Å². The Kier molecular flexibility index (Phi) is 7.36. The average Bonchev–Trinajstić information content (AvgIpc) is 2.71. The van der Waals surface area contributed by atoms with Crippen LogP contribution in [0.5, 0.6) is 11.5 Å². The van der Waals surface area contributed by atoms with E-state index in [9.17, 15) is 0 Å². The van der Waals surface area contributed by atoms with Crippen molar-refractivity contribution in [3.05, 3.63) is 90.0 Å². The Morgan fingerprint density at radius 2 is 1.68 bits per heavy atom. The van der Waals surface area contributed by atoms with E-state index in [-0.39, 0.29) is 6.10 Å². The molecule has 1 atom stereocenters. The highest BCUT2D eigenvalue weighted by Crippen LogP contribution is 2.24. The minimum atomic E-state index is 0.0490. The maximum atomic E-state index is 6.02. The fourth-order valence-corrected chi connectivity index (χ4v) is 3.06. The van der Waals surface area contributed by atoms with Crippen LogP contribution >= 0.6 is 0 Å². The summed E-state index contributed by atoms with van der Waals surface area (Å²) in [5.74, 6) is 1.79. The van der Waals surface area contributed by atoms with Crippen LogP contribution in [0.1, 0.15) is 24.5 Å². The number of hydrogen-bond donors (Lipinski definition) is 1. The third-order valence-corrected chi connectivity index (χ3v) is 4.50. The number of rotatable bonds is 10. The topological polar surface area (TPSA) is 30.5 Å². The summed E-state index contributed by atoms with van der Waals surface area (Å²) >= 11 is 0. The molecule has 0 spiro atoms. The quantitative estimate of drug-likeness (QED) is 0.448. The van der Waals surface area contributed by atoms with E-state index in [1.54, 1.807) is 0 Å². The lowest BCUT2D eigenvalue weighted by molar-refractivity contribution is 0.234. The monoisotopic (exact) mass is 375 g/mol. The predicted octanol–water partition coefficient (Wildman–Crippen LogP) is 5.89. The Balaban J connectivity index is 1.46. The van der Waals surface area contributed by atoms with Gasteiger partial charge in [-0.3, -0.25) is 0 Å². The van der Waals surface area contributed by atoms with Crippen LogP contribution in [-0.2, 0) is 6.42 Å². The van der Waals surface area contributed by atoms with E-state index < -0.39 is 0 Å². The lowest BCUT2D eigenvalue weighted by Crippen LogP contribution is -2.23. The molecule has 146 valence electrons. The second-order valence-corrected chi connectivity index (χ2v) is 7.06. The first-order valence-electron chi connectivity index (χ1n) is 9.93. The Hall–Kier alpha value is -2.94. The molecule has 3 nitrogen and oxygen atoms in total. The normalized spacial score (nSPS) is 11.6. The van der Waals surface area contributed by atoms with E-state index in [1.807, 2.05) is 42.5 Å². The van der Waals surface area contributed by atoms with Crippen LogP contribution < -0.4 is 14.8 Å². The highest BCUT2D eigenvalue weighted by Gasteiger charge is 2.07. The Bertz CT molecular complexity index is 848. The first-order chi connectivity index (χ1) is 13.7. The Morgan fingerprint density at radius 1 is 0.893 bits per heavy atom. The molecule has 3 aromatic carbocycles. The van der Waals surface area contributed by atoms with Crippen LogP contribution in [-0.4, -0.2) is 19.3 Å². The molecule has 28 heavy (non-hydrogen) atoms. The van der Waals surface area contributed by atoms with Crippen molar-refractivity contribution in [2.24, 2.45) is 0 Å². The zero-order chi connectivity index (χ0) is 19.6. The summed E-state index contributed by atoms with van der Waals surface area (Å²) in [4.78, 5) is 0. The van der Waals surface area contributed by atoms with E-state index in [1.165, 1.54) is 11.1 Å². The summed E-state index contributed by atoms with van der Waals surface area (Å²) in [5, 5.41) is 3.46. The molecule has 0 aliphatic rings. The van der Waals surface area contributed by atoms with Crippen molar-refractivity contribution < 1.29 is 9.47 Å². The molecule has 3 rings (SSSR count). The first kappa shape index (κ1) is 19.8. The summed E-state index contributed by atoms with van der Waals surface area (Å²) in [6, 6.07) is 26.7. The van der Waals surface area contributed by atoms with Gasteiger partial charge >= 0.3 is 0 Å². The van der Waals surface area contributed by atoms with Crippen molar-refractivity contribution in [2.75, 3.05) is 18.5 Å². The number of anilines is 1. The van der Waals surface area contributed by atoms with Gasteiger partial charge < -0.3 is 14.8 Å². The van der Waals surface area contributed by atoms with Gasteiger partial charge in [0.1, 0.15) is 17.6 Å². The van der Waals surface area contributed by atoms with Crippen LogP contribution in [0.2, 0.25) is 0 Å². The molecule has 1 unspecified atom stereocenters. The van der Waals surface area contributed by atoms with Crippen molar-refractivity contribution in [1.29, 1.82) is 0 Å². The molecule has 0 aliphatic carbocycles. The SMILES string of the molecule is Cc1cccc(OC(C)CNc2ccccc2OCCCc2ccccc2)c1. The molecule has 3 aromatic rings. The first-order valence-corrected chi connectivity index (χ1v) is 9.93. The smallest absolute Gasteiger partial charge is 0.142 e. The summed E-state index contributed by atoms with van der Waals surface area (Å²) < 4.78 is 12.0. The van der Waals surface area contributed by atoms with Gasteiger partial charge in [0.05, 0.1) is 18.8 Å². The van der Waals surface area contributed by atoms with E-state index >= 15 is 0 Å². The Morgan fingerprint density at radius 3 is 2.50 bits per heavy atom. The van der Waals surface area contributed by atoms with Crippen LogP contribution in [0.4, 0.5) is 5.69 Å². The van der Waals surface area contributed by atoms with Crippen molar-refractivity contribution in [3.8, 4) is 11.5 Å². The molecule has 0 amide bonds. The molecule has 0 aromatic heterocycles. The number of para-hydroxylation sites is 2. The van der Waals surface area contributed by atoms with Gasteiger partial charge in [-0.1, -0.05) is 54.6 Å². The van der Waals surface area contributed by atoms with Gasteiger partial charge in [-0.25, -0.2) is 0 Å². The van der Waals surface area contributed by atoms with Crippen molar-refractivity contribution in [3.63, 3.8) is 0 Å². The molecular weight excluding hydrogens is 346 g/mol. The zero-order valence-electron chi connectivity index (χ0n) is 16.7. The largest absolute Gasteiger partial charge is 0.491 e. The number of aryl methyl sites for hydroxylation is 2.